The molecule has 4 aliphatic rings. The summed E-state index contributed by atoms with van der Waals surface area (Å²) in [5.74, 6) is 0.385. The second-order valence-corrected chi connectivity index (χ2v) is 19.2. The van der Waals surface area contributed by atoms with Crippen molar-refractivity contribution in [3.05, 3.63) is 88.2 Å². The van der Waals surface area contributed by atoms with Crippen molar-refractivity contribution in [1.29, 1.82) is 0 Å². The van der Waals surface area contributed by atoms with Crippen molar-refractivity contribution in [2.24, 2.45) is 23.2 Å². The predicted octanol–water partition coefficient (Wildman–Crippen LogP) is 7.31. The van der Waals surface area contributed by atoms with E-state index in [9.17, 15) is 24.0 Å². The fourth-order valence-electron chi connectivity index (χ4n) is 9.70. The summed E-state index contributed by atoms with van der Waals surface area (Å²) in [5.41, 5.74) is 2.36. The molecule has 1 aromatic heterocycles. The van der Waals surface area contributed by atoms with Crippen LogP contribution in [0.4, 0.5) is 4.79 Å². The van der Waals surface area contributed by atoms with Crippen LogP contribution in [0.5, 0.6) is 5.75 Å². The van der Waals surface area contributed by atoms with Crippen LogP contribution in [0.15, 0.2) is 66.0 Å². The lowest BCUT2D eigenvalue weighted by molar-refractivity contribution is -0.142. The molecule has 3 aliphatic carbocycles. The highest BCUT2D eigenvalue weighted by Crippen LogP contribution is 2.45. The number of pyridine rings is 1. The van der Waals surface area contributed by atoms with Gasteiger partial charge in [0.1, 0.15) is 23.4 Å². The third kappa shape index (κ3) is 11.1. The van der Waals surface area contributed by atoms with E-state index in [0.717, 1.165) is 86.7 Å². The van der Waals surface area contributed by atoms with Crippen LogP contribution in [0.1, 0.15) is 114 Å². The molecule has 4 atom stereocenters. The Morgan fingerprint density at radius 1 is 0.984 bits per heavy atom. The number of aromatic nitrogens is 1. The van der Waals surface area contributed by atoms with Crippen molar-refractivity contribution in [3.8, 4) is 5.75 Å². The van der Waals surface area contributed by atoms with E-state index in [2.05, 4.69) is 39.6 Å². The molecule has 12 nitrogen and oxygen atoms in total. The summed E-state index contributed by atoms with van der Waals surface area (Å²) >= 11 is 0. The number of alkyl carbamates (subject to hydrolysis) is 1. The van der Waals surface area contributed by atoms with Gasteiger partial charge < -0.3 is 35.3 Å². The second kappa shape index (κ2) is 19.9. The molecule has 3 saturated carbocycles. The maximum atomic E-state index is 14.4. The fraction of sp³-hybridized carbons (Fsp3) is 0.580. The highest BCUT2D eigenvalue weighted by Gasteiger charge is 2.60. The third-order valence-electron chi connectivity index (χ3n) is 13.8. The Labute approximate surface area is 366 Å². The Hall–Kier alpha value is -5.13. The zero-order valence-electron chi connectivity index (χ0n) is 37.0. The Bertz CT molecular complexity index is 2140. The maximum absolute atomic E-state index is 14.4. The van der Waals surface area contributed by atoms with Gasteiger partial charge in [-0.15, -0.1) is 6.58 Å². The molecule has 1 saturated heterocycles. The lowest BCUT2D eigenvalue weighted by Crippen LogP contribution is -2.59. The normalized spacial score (nSPS) is 21.8. The molecule has 12 heteroatoms. The van der Waals surface area contributed by atoms with Crippen molar-refractivity contribution in [2.45, 2.75) is 134 Å². The second-order valence-electron chi connectivity index (χ2n) is 19.2. The van der Waals surface area contributed by atoms with Crippen molar-refractivity contribution >= 4 is 34.7 Å². The maximum Gasteiger partial charge on any atom is 0.407 e. The summed E-state index contributed by atoms with van der Waals surface area (Å²) in [6.45, 7) is 9.13. The lowest BCUT2D eigenvalue weighted by Gasteiger charge is -2.35. The first-order chi connectivity index (χ1) is 29.9. The molecule has 4 amide bonds. The van der Waals surface area contributed by atoms with Gasteiger partial charge in [0.25, 0.3) is 0 Å². The van der Waals surface area contributed by atoms with E-state index in [4.69, 9.17) is 9.47 Å². The number of aryl methyl sites for hydroxylation is 3. The number of rotatable bonds is 20. The number of benzene rings is 2. The number of carbonyl (C=O) groups excluding carboxylic acids is 4. The highest BCUT2D eigenvalue weighted by atomic mass is 16.5. The van der Waals surface area contributed by atoms with Gasteiger partial charge in [-0.1, -0.05) is 82.4 Å². The minimum absolute atomic E-state index is 0.0223. The third-order valence-corrected chi connectivity index (χ3v) is 13.8. The number of hydrogen-bond donors (Lipinski definition) is 4. The van der Waals surface area contributed by atoms with Crippen molar-refractivity contribution in [3.63, 3.8) is 0 Å². The summed E-state index contributed by atoms with van der Waals surface area (Å²) in [7, 11) is 1.64. The van der Waals surface area contributed by atoms with Crippen LogP contribution in [0.2, 0.25) is 0 Å². The number of nitrogens with one attached hydrogen (secondary N) is 4. The number of ether oxygens (including phenoxy) is 2. The average Bonchev–Trinajstić information content (AvgIpc) is 4.19. The van der Waals surface area contributed by atoms with Gasteiger partial charge >= 0.3 is 6.09 Å². The van der Waals surface area contributed by atoms with E-state index in [0.29, 0.717) is 50.1 Å². The minimum Gasteiger partial charge on any atom is -0.496 e. The average molecular weight is 850 g/mol. The quantitative estimate of drug-likeness (QED) is 0.0868. The van der Waals surface area contributed by atoms with Crippen molar-refractivity contribution in [2.75, 3.05) is 26.8 Å². The molecule has 1 aliphatic heterocycles. The van der Waals surface area contributed by atoms with Crippen LogP contribution in [-0.2, 0) is 38.4 Å². The van der Waals surface area contributed by atoms with Gasteiger partial charge in [0.15, 0.2) is 5.43 Å². The van der Waals surface area contributed by atoms with E-state index in [1.807, 2.05) is 44.2 Å². The van der Waals surface area contributed by atoms with Crippen molar-refractivity contribution in [1.82, 2.24) is 25.8 Å². The molecule has 0 bridgehead atoms. The van der Waals surface area contributed by atoms with E-state index in [1.165, 1.54) is 18.4 Å². The van der Waals surface area contributed by atoms with Gasteiger partial charge in [0, 0.05) is 42.2 Å². The topological polar surface area (TPSA) is 159 Å². The molecule has 4 fully saturated rings. The van der Waals surface area contributed by atoms with E-state index >= 15 is 0 Å². The van der Waals surface area contributed by atoms with E-state index < -0.39 is 23.7 Å². The Morgan fingerprint density at radius 2 is 1.76 bits per heavy atom. The van der Waals surface area contributed by atoms with Crippen LogP contribution < -0.4 is 26.1 Å². The Balaban J connectivity index is 0.931. The van der Waals surface area contributed by atoms with Gasteiger partial charge in [-0.05, 0) is 105 Å². The molecule has 2 unspecified atom stereocenters. The Morgan fingerprint density at radius 3 is 2.47 bits per heavy atom. The van der Waals surface area contributed by atoms with E-state index in [-0.39, 0.29) is 47.0 Å². The number of aromatic amines is 1. The summed E-state index contributed by atoms with van der Waals surface area (Å²) in [6, 6.07) is 14.2. The van der Waals surface area contributed by atoms with Crippen LogP contribution >= 0.6 is 0 Å². The van der Waals surface area contributed by atoms with E-state index in [1.54, 1.807) is 24.2 Å². The number of hydrogen-bond acceptors (Lipinski definition) is 7. The molecule has 0 radical (unpaired) electrons. The molecule has 334 valence electrons. The SMILES string of the molecule is C=CC1CC1(NC(=O)[C@@H]1CCCN1C(=O)[C@@H](NC(=O)OCC(C)(C)CCCc1cc2c(=O)cc(CCc3ccccc3)[nH]c2cc1OC)C1CCCCC1)C(=O)NCCC1CC1. The number of amides is 4. The fourth-order valence-corrected chi connectivity index (χ4v) is 9.70. The summed E-state index contributed by atoms with van der Waals surface area (Å²) < 4.78 is 11.6. The first-order valence-corrected chi connectivity index (χ1v) is 23.1. The molecule has 62 heavy (non-hydrogen) atoms. The molecule has 7 rings (SSSR count). The Kier molecular flexibility index (Phi) is 14.4. The monoisotopic (exact) mass is 850 g/mol. The van der Waals surface area contributed by atoms with Crippen LogP contribution in [0, 0.1) is 23.2 Å². The zero-order valence-corrected chi connectivity index (χ0v) is 37.0. The minimum atomic E-state index is -1.04. The van der Waals surface area contributed by atoms with Crippen LogP contribution in [-0.4, -0.2) is 78.1 Å². The smallest absolute Gasteiger partial charge is 0.407 e. The summed E-state index contributed by atoms with van der Waals surface area (Å²) in [5, 5.41) is 9.67. The van der Waals surface area contributed by atoms with Crippen LogP contribution in [0.25, 0.3) is 10.9 Å². The molecular weight excluding hydrogens is 783 g/mol. The number of carbonyl (C=O) groups is 4. The number of nitrogens with zero attached hydrogens (tertiary/aromatic N) is 1. The largest absolute Gasteiger partial charge is 0.496 e. The lowest BCUT2D eigenvalue weighted by atomic mass is 9.83. The van der Waals surface area contributed by atoms with Crippen molar-refractivity contribution < 1.29 is 28.7 Å². The number of fused-ring (bicyclic) bond motifs is 1. The van der Waals surface area contributed by atoms with Gasteiger partial charge in [-0.3, -0.25) is 19.2 Å². The summed E-state index contributed by atoms with van der Waals surface area (Å²) in [4.78, 5) is 73.5. The molecule has 0 spiro atoms. The molecular formula is C50H67N5O7. The molecule has 3 aromatic rings. The zero-order chi connectivity index (χ0) is 43.9. The summed E-state index contributed by atoms with van der Waals surface area (Å²) in [6.07, 6.45) is 14.4. The first kappa shape index (κ1) is 44.9. The standard InChI is InChI=1S/C50H67N5O7/c1-5-37-31-50(37,47(59)51-26-24-34-20-21-34)54-45(57)41-19-13-27-55(41)46(58)44(35-16-10-7-11-17-35)53-48(60)62-32-49(2,3)25-12-18-36-28-39-40(30-43(36)61-4)52-38(29-42(39)56)23-22-33-14-8-6-9-15-33/h5-6,8-9,14-15,28-30,34-35,37,41,44H,1,7,10-13,16-27,31-32H2,2-4H3,(H,51,59)(H,52,56)(H,53,60)(H,54,57)/t37?,41-,44-,50?/m0/s1. The van der Waals surface area contributed by atoms with Gasteiger partial charge in [-0.2, -0.15) is 0 Å². The molecule has 4 N–H and O–H groups in total. The molecule has 2 heterocycles. The van der Waals surface area contributed by atoms with Gasteiger partial charge in [0.05, 0.1) is 19.2 Å². The molecule has 2 aromatic carbocycles. The van der Waals surface area contributed by atoms with Gasteiger partial charge in [-0.25, -0.2) is 4.79 Å². The number of methoxy groups -OCH3 is 1. The highest BCUT2D eigenvalue weighted by molar-refractivity contribution is 5.98. The number of H-pyrrole nitrogens is 1. The van der Waals surface area contributed by atoms with Gasteiger partial charge in [0.2, 0.25) is 17.7 Å². The first-order valence-electron chi connectivity index (χ1n) is 23.1. The van der Waals surface area contributed by atoms with Crippen LogP contribution in [0.3, 0.4) is 0 Å². The number of likely N-dealkylation sites (tertiary alicyclic amines) is 1. The predicted molar refractivity (Wildman–Crippen MR) is 241 cm³/mol.